The van der Waals surface area contributed by atoms with Crippen LogP contribution < -0.4 is 9.47 Å². The SMILES string of the molecule is O=C(Cl)Oc1cccc2c1OCC=C2. The van der Waals surface area contributed by atoms with E-state index in [4.69, 9.17) is 21.1 Å². The number of carbonyl (C=O) groups is 1. The standard InChI is InChI=1S/C10H7ClO3/c11-10(12)14-8-5-1-3-7-4-2-6-13-9(7)8/h1-5H,6H2. The summed E-state index contributed by atoms with van der Waals surface area (Å²) in [5.41, 5.74) is 0.0169. The number of fused-ring (bicyclic) bond motifs is 1. The van der Waals surface area contributed by atoms with Crippen LogP contribution in [-0.4, -0.2) is 12.0 Å². The molecule has 0 unspecified atom stereocenters. The predicted molar refractivity (Wildman–Crippen MR) is 52.8 cm³/mol. The van der Waals surface area contributed by atoms with Gasteiger partial charge in [0.05, 0.1) is 0 Å². The first-order valence-corrected chi connectivity index (χ1v) is 4.45. The Hall–Kier alpha value is -1.48. The van der Waals surface area contributed by atoms with E-state index < -0.39 is 5.43 Å². The molecule has 1 aromatic rings. The molecule has 0 amide bonds. The first-order chi connectivity index (χ1) is 6.77. The van der Waals surface area contributed by atoms with Crippen molar-refractivity contribution >= 4 is 23.1 Å². The highest BCUT2D eigenvalue weighted by atomic mass is 35.5. The Bertz CT molecular complexity index is 398. The monoisotopic (exact) mass is 210 g/mol. The summed E-state index contributed by atoms with van der Waals surface area (Å²) >= 11 is 5.12. The molecule has 1 aliphatic rings. The Labute approximate surface area is 85.9 Å². The maximum absolute atomic E-state index is 10.6. The molecular weight excluding hydrogens is 204 g/mol. The van der Waals surface area contributed by atoms with E-state index in [-0.39, 0.29) is 0 Å². The highest BCUT2D eigenvalue weighted by Gasteiger charge is 2.13. The molecule has 0 spiro atoms. The van der Waals surface area contributed by atoms with E-state index in [0.717, 1.165) is 5.56 Å². The number of ether oxygens (including phenoxy) is 2. The van der Waals surface area contributed by atoms with Gasteiger partial charge in [-0.3, -0.25) is 0 Å². The quantitative estimate of drug-likeness (QED) is 0.669. The van der Waals surface area contributed by atoms with Gasteiger partial charge in [-0.25, -0.2) is 4.79 Å². The second kappa shape index (κ2) is 3.72. The van der Waals surface area contributed by atoms with Crippen LogP contribution in [0.1, 0.15) is 5.56 Å². The summed E-state index contributed by atoms with van der Waals surface area (Å²) in [6, 6.07) is 5.28. The first-order valence-electron chi connectivity index (χ1n) is 4.07. The Morgan fingerprint density at radius 3 is 3.14 bits per heavy atom. The first kappa shape index (κ1) is 9.09. The second-order valence-electron chi connectivity index (χ2n) is 2.73. The van der Waals surface area contributed by atoms with Crippen molar-refractivity contribution < 1.29 is 14.3 Å². The van der Waals surface area contributed by atoms with Crippen LogP contribution in [0.3, 0.4) is 0 Å². The number of carbonyl (C=O) groups excluding carboxylic acids is 1. The number of para-hydroxylation sites is 1. The van der Waals surface area contributed by atoms with Crippen LogP contribution in [0, 0.1) is 0 Å². The zero-order chi connectivity index (χ0) is 9.97. The average molecular weight is 211 g/mol. The summed E-state index contributed by atoms with van der Waals surface area (Å²) in [4.78, 5) is 10.6. The van der Waals surface area contributed by atoms with Crippen molar-refractivity contribution in [2.45, 2.75) is 0 Å². The van der Waals surface area contributed by atoms with Crippen molar-refractivity contribution in [1.29, 1.82) is 0 Å². The normalized spacial score (nSPS) is 12.9. The van der Waals surface area contributed by atoms with Crippen molar-refractivity contribution in [1.82, 2.24) is 0 Å². The zero-order valence-electron chi connectivity index (χ0n) is 7.20. The molecule has 0 fully saturated rings. The van der Waals surface area contributed by atoms with Gasteiger partial charge < -0.3 is 9.47 Å². The highest BCUT2D eigenvalue weighted by Crippen LogP contribution is 2.34. The molecule has 1 aliphatic heterocycles. The average Bonchev–Trinajstić information content (AvgIpc) is 2.18. The summed E-state index contributed by atoms with van der Waals surface area (Å²) in [5, 5.41) is 0. The molecule has 0 bridgehead atoms. The Kier molecular flexibility index (Phi) is 2.41. The lowest BCUT2D eigenvalue weighted by atomic mass is 10.1. The molecule has 0 radical (unpaired) electrons. The minimum absolute atomic E-state index is 0.354. The van der Waals surface area contributed by atoms with E-state index in [1.807, 2.05) is 18.2 Å². The van der Waals surface area contributed by atoms with E-state index in [2.05, 4.69) is 0 Å². The van der Waals surface area contributed by atoms with Gasteiger partial charge >= 0.3 is 5.43 Å². The van der Waals surface area contributed by atoms with E-state index in [1.165, 1.54) is 0 Å². The summed E-state index contributed by atoms with van der Waals surface area (Å²) < 4.78 is 10.1. The third-order valence-corrected chi connectivity index (χ3v) is 1.90. The van der Waals surface area contributed by atoms with Crippen LogP contribution in [0.15, 0.2) is 24.3 Å². The predicted octanol–water partition coefficient (Wildman–Crippen LogP) is 2.83. The summed E-state index contributed by atoms with van der Waals surface area (Å²) in [6.45, 7) is 0.476. The lowest BCUT2D eigenvalue weighted by Gasteiger charge is -2.14. The highest BCUT2D eigenvalue weighted by molar-refractivity contribution is 6.61. The van der Waals surface area contributed by atoms with Crippen LogP contribution >= 0.6 is 11.6 Å². The largest absolute Gasteiger partial charge is 0.485 e. The van der Waals surface area contributed by atoms with Gasteiger partial charge in [0.2, 0.25) is 0 Å². The topological polar surface area (TPSA) is 35.5 Å². The molecular formula is C10H7ClO3. The van der Waals surface area contributed by atoms with Crippen LogP contribution in [0.2, 0.25) is 0 Å². The third kappa shape index (κ3) is 1.72. The zero-order valence-corrected chi connectivity index (χ0v) is 7.95. The van der Waals surface area contributed by atoms with Gasteiger partial charge in [-0.2, -0.15) is 0 Å². The van der Waals surface area contributed by atoms with Crippen molar-refractivity contribution in [3.63, 3.8) is 0 Å². The maximum Gasteiger partial charge on any atom is 0.409 e. The Morgan fingerprint density at radius 1 is 1.50 bits per heavy atom. The molecule has 4 heteroatoms. The van der Waals surface area contributed by atoms with Gasteiger partial charge in [-0.1, -0.05) is 18.2 Å². The summed E-state index contributed by atoms with van der Waals surface area (Å²) in [6.07, 6.45) is 3.79. The molecule has 0 saturated heterocycles. The molecule has 2 rings (SSSR count). The van der Waals surface area contributed by atoms with Gasteiger partial charge in [0.15, 0.2) is 11.5 Å². The molecule has 0 aliphatic carbocycles. The lowest BCUT2D eigenvalue weighted by Crippen LogP contribution is -2.04. The number of hydrogen-bond acceptors (Lipinski definition) is 3. The number of benzene rings is 1. The molecule has 3 nitrogen and oxygen atoms in total. The van der Waals surface area contributed by atoms with Crippen molar-refractivity contribution in [3.05, 3.63) is 29.8 Å². The fraction of sp³-hybridized carbons (Fsp3) is 0.100. The van der Waals surface area contributed by atoms with Gasteiger partial charge in [-0.15, -0.1) is 0 Å². The summed E-state index contributed by atoms with van der Waals surface area (Å²) in [7, 11) is 0. The van der Waals surface area contributed by atoms with Gasteiger partial charge in [0, 0.05) is 17.2 Å². The van der Waals surface area contributed by atoms with E-state index in [0.29, 0.717) is 18.1 Å². The van der Waals surface area contributed by atoms with Crippen molar-refractivity contribution in [2.75, 3.05) is 6.61 Å². The third-order valence-electron chi connectivity index (χ3n) is 1.82. The maximum atomic E-state index is 10.6. The van der Waals surface area contributed by atoms with Crippen LogP contribution in [0.25, 0.3) is 6.08 Å². The van der Waals surface area contributed by atoms with Crippen LogP contribution in [0.5, 0.6) is 11.5 Å². The molecule has 0 aromatic heterocycles. The van der Waals surface area contributed by atoms with Gasteiger partial charge in [-0.05, 0) is 12.1 Å². The minimum Gasteiger partial charge on any atom is -0.485 e. The van der Waals surface area contributed by atoms with Crippen molar-refractivity contribution in [2.24, 2.45) is 0 Å². The number of hydrogen-bond donors (Lipinski definition) is 0. The molecule has 1 aromatic carbocycles. The lowest BCUT2D eigenvalue weighted by molar-refractivity contribution is 0.222. The van der Waals surface area contributed by atoms with Gasteiger partial charge in [0.25, 0.3) is 0 Å². The Morgan fingerprint density at radius 2 is 2.36 bits per heavy atom. The minimum atomic E-state index is -0.864. The molecule has 14 heavy (non-hydrogen) atoms. The molecule has 72 valence electrons. The van der Waals surface area contributed by atoms with E-state index >= 15 is 0 Å². The van der Waals surface area contributed by atoms with Crippen molar-refractivity contribution in [3.8, 4) is 11.5 Å². The van der Waals surface area contributed by atoms with Gasteiger partial charge in [0.1, 0.15) is 6.61 Å². The number of halogens is 1. The van der Waals surface area contributed by atoms with E-state index in [1.54, 1.807) is 12.1 Å². The Balaban J connectivity index is 2.41. The smallest absolute Gasteiger partial charge is 0.409 e. The van der Waals surface area contributed by atoms with Crippen LogP contribution in [0.4, 0.5) is 4.79 Å². The second-order valence-corrected chi connectivity index (χ2v) is 3.04. The molecule has 0 atom stereocenters. The fourth-order valence-corrected chi connectivity index (χ4v) is 1.37. The molecule has 1 heterocycles. The summed E-state index contributed by atoms with van der Waals surface area (Å²) in [5.74, 6) is 0.913. The fourth-order valence-electron chi connectivity index (χ4n) is 1.29. The molecule has 0 N–H and O–H groups in total. The number of rotatable bonds is 1. The van der Waals surface area contributed by atoms with E-state index in [9.17, 15) is 4.79 Å². The van der Waals surface area contributed by atoms with Crippen LogP contribution in [-0.2, 0) is 0 Å². The molecule has 0 saturated carbocycles.